The van der Waals surface area contributed by atoms with Gasteiger partial charge in [0.15, 0.2) is 11.6 Å². The van der Waals surface area contributed by atoms with Crippen LogP contribution in [0, 0.1) is 5.92 Å². The van der Waals surface area contributed by atoms with Crippen molar-refractivity contribution in [1.29, 1.82) is 0 Å². The molecule has 0 bridgehead atoms. The fourth-order valence-corrected chi connectivity index (χ4v) is 3.37. The molecule has 1 aliphatic carbocycles. The maximum Gasteiger partial charge on any atom is 0.171 e. The Hall–Kier alpha value is -2.42. The van der Waals surface area contributed by atoms with Gasteiger partial charge >= 0.3 is 0 Å². The monoisotopic (exact) mass is 358 g/mol. The highest BCUT2D eigenvalue weighted by Crippen LogP contribution is 2.33. The predicted octanol–water partition coefficient (Wildman–Crippen LogP) is 0.525. The summed E-state index contributed by atoms with van der Waals surface area (Å²) in [4.78, 5) is 8.41. The van der Waals surface area contributed by atoms with Gasteiger partial charge in [-0.1, -0.05) is 30.3 Å². The highest BCUT2D eigenvalue weighted by molar-refractivity contribution is 5.74. The molecular formula is C18H26N6O2. The normalized spacial score (nSPS) is 22.3. The number of aromatic nitrogens is 2. The molecule has 0 radical (unpaired) electrons. The number of nitrogens with zero attached hydrogens (tertiary/aromatic N) is 3. The van der Waals surface area contributed by atoms with Crippen LogP contribution < -0.4 is 21.9 Å². The number of hydrazine groups is 1. The summed E-state index contributed by atoms with van der Waals surface area (Å²) < 4.78 is 0. The van der Waals surface area contributed by atoms with Gasteiger partial charge in [-0.05, 0) is 24.8 Å². The van der Waals surface area contributed by atoms with Gasteiger partial charge < -0.3 is 21.3 Å². The van der Waals surface area contributed by atoms with Crippen molar-refractivity contribution >= 4 is 17.3 Å². The number of anilines is 3. The zero-order chi connectivity index (χ0) is 18.5. The quantitative estimate of drug-likeness (QED) is 0.357. The highest BCUT2D eigenvalue weighted by Gasteiger charge is 2.36. The number of aliphatic hydroxyl groups excluding tert-OH is 2. The fourth-order valence-electron chi connectivity index (χ4n) is 3.37. The van der Waals surface area contributed by atoms with Crippen LogP contribution in [-0.4, -0.2) is 45.5 Å². The van der Waals surface area contributed by atoms with Crippen LogP contribution in [0.25, 0.3) is 0 Å². The van der Waals surface area contributed by atoms with Crippen LogP contribution >= 0.6 is 0 Å². The van der Waals surface area contributed by atoms with E-state index in [0.29, 0.717) is 36.7 Å². The van der Waals surface area contributed by atoms with Gasteiger partial charge in [0.05, 0.1) is 6.10 Å². The standard InChI is InChI=1S/C18H26N6O2/c19-16-17(21-7-6-12-4-2-1-3-5-12)22-11-23-18(16)24(20)14-8-13(10-25)15(26)9-14/h1-5,11,13-15,25-26H,6-10,19-20H2,(H,21,22,23). The minimum atomic E-state index is -0.567. The summed E-state index contributed by atoms with van der Waals surface area (Å²) in [5.41, 5.74) is 7.82. The molecule has 1 fully saturated rings. The van der Waals surface area contributed by atoms with Crippen molar-refractivity contribution in [2.24, 2.45) is 11.8 Å². The molecule has 3 atom stereocenters. The summed E-state index contributed by atoms with van der Waals surface area (Å²) in [5, 5.41) is 24.0. The summed E-state index contributed by atoms with van der Waals surface area (Å²) in [6.45, 7) is 0.626. The van der Waals surface area contributed by atoms with E-state index >= 15 is 0 Å². The van der Waals surface area contributed by atoms with Crippen LogP contribution in [0.15, 0.2) is 36.7 Å². The molecule has 1 aromatic carbocycles. The number of rotatable bonds is 7. The topological polar surface area (TPSA) is 134 Å². The Kier molecular flexibility index (Phi) is 5.87. The number of benzene rings is 1. The van der Waals surface area contributed by atoms with Crippen molar-refractivity contribution in [2.45, 2.75) is 31.4 Å². The van der Waals surface area contributed by atoms with Crippen molar-refractivity contribution in [1.82, 2.24) is 9.97 Å². The minimum absolute atomic E-state index is 0.0585. The first-order chi connectivity index (χ1) is 12.6. The summed E-state index contributed by atoms with van der Waals surface area (Å²) in [6, 6.07) is 10.0. The van der Waals surface area contributed by atoms with Gasteiger partial charge in [0.25, 0.3) is 0 Å². The molecule has 7 N–H and O–H groups in total. The number of aliphatic hydroxyl groups is 2. The lowest BCUT2D eigenvalue weighted by Crippen LogP contribution is -2.41. The molecule has 0 aliphatic heterocycles. The van der Waals surface area contributed by atoms with Gasteiger partial charge in [0, 0.05) is 25.1 Å². The van der Waals surface area contributed by atoms with E-state index in [2.05, 4.69) is 27.4 Å². The van der Waals surface area contributed by atoms with E-state index in [1.807, 2.05) is 18.2 Å². The summed E-state index contributed by atoms with van der Waals surface area (Å²) in [6.07, 6.45) is 2.77. The second-order valence-electron chi connectivity index (χ2n) is 6.66. The van der Waals surface area contributed by atoms with Crippen LogP contribution in [0.4, 0.5) is 17.3 Å². The first-order valence-electron chi connectivity index (χ1n) is 8.81. The molecule has 26 heavy (non-hydrogen) atoms. The van der Waals surface area contributed by atoms with E-state index in [0.717, 1.165) is 6.42 Å². The van der Waals surface area contributed by atoms with Crippen molar-refractivity contribution < 1.29 is 10.2 Å². The molecule has 140 valence electrons. The Morgan fingerprint density at radius 3 is 2.65 bits per heavy atom. The number of hydrogen-bond donors (Lipinski definition) is 5. The molecule has 1 aromatic heterocycles. The second-order valence-corrected chi connectivity index (χ2v) is 6.66. The largest absolute Gasteiger partial charge is 0.396 e. The molecule has 3 unspecified atom stereocenters. The number of nitrogens with one attached hydrogen (secondary N) is 1. The van der Waals surface area contributed by atoms with Gasteiger partial charge in [0.1, 0.15) is 12.0 Å². The molecule has 2 aromatic rings. The van der Waals surface area contributed by atoms with Crippen LogP contribution in [-0.2, 0) is 6.42 Å². The molecule has 0 saturated heterocycles. The SMILES string of the molecule is Nc1c(NCCc2ccccc2)ncnc1N(N)C1CC(O)C(CO)C1. The van der Waals surface area contributed by atoms with Gasteiger partial charge in [-0.15, -0.1) is 0 Å². The van der Waals surface area contributed by atoms with Gasteiger partial charge in [-0.2, -0.15) is 0 Å². The van der Waals surface area contributed by atoms with E-state index in [4.69, 9.17) is 11.6 Å². The zero-order valence-electron chi connectivity index (χ0n) is 14.6. The molecular weight excluding hydrogens is 332 g/mol. The number of hydrogen-bond acceptors (Lipinski definition) is 8. The van der Waals surface area contributed by atoms with Gasteiger partial charge in [0.2, 0.25) is 0 Å². The van der Waals surface area contributed by atoms with Crippen LogP contribution in [0.5, 0.6) is 0 Å². The van der Waals surface area contributed by atoms with E-state index in [1.54, 1.807) is 0 Å². The first kappa shape index (κ1) is 18.4. The van der Waals surface area contributed by atoms with Gasteiger partial charge in [-0.25, -0.2) is 15.8 Å². The Bertz CT molecular complexity index is 714. The molecule has 1 aliphatic rings. The molecule has 3 rings (SSSR count). The number of nitrogen functional groups attached to an aromatic ring is 1. The van der Waals surface area contributed by atoms with E-state index in [-0.39, 0.29) is 18.6 Å². The van der Waals surface area contributed by atoms with Crippen molar-refractivity contribution in [2.75, 3.05) is 29.2 Å². The molecule has 0 amide bonds. The lowest BCUT2D eigenvalue weighted by atomic mass is 10.1. The summed E-state index contributed by atoms with van der Waals surface area (Å²) in [7, 11) is 0. The second kappa shape index (κ2) is 8.31. The molecule has 0 spiro atoms. The highest BCUT2D eigenvalue weighted by atomic mass is 16.3. The maximum absolute atomic E-state index is 9.98. The van der Waals surface area contributed by atoms with E-state index in [1.165, 1.54) is 16.9 Å². The van der Waals surface area contributed by atoms with Crippen LogP contribution in [0.2, 0.25) is 0 Å². The van der Waals surface area contributed by atoms with Gasteiger partial charge in [-0.3, -0.25) is 5.01 Å². The van der Waals surface area contributed by atoms with E-state index < -0.39 is 6.10 Å². The molecule has 8 nitrogen and oxygen atoms in total. The molecule has 1 heterocycles. The third kappa shape index (κ3) is 4.04. The first-order valence-corrected chi connectivity index (χ1v) is 8.81. The Labute approximate surface area is 152 Å². The van der Waals surface area contributed by atoms with Crippen molar-refractivity contribution in [3.63, 3.8) is 0 Å². The zero-order valence-corrected chi connectivity index (χ0v) is 14.6. The van der Waals surface area contributed by atoms with Crippen LogP contribution in [0.1, 0.15) is 18.4 Å². The van der Waals surface area contributed by atoms with Crippen molar-refractivity contribution in [3.05, 3.63) is 42.2 Å². The van der Waals surface area contributed by atoms with Crippen molar-refractivity contribution in [3.8, 4) is 0 Å². The third-order valence-corrected chi connectivity index (χ3v) is 4.92. The van der Waals surface area contributed by atoms with Crippen LogP contribution in [0.3, 0.4) is 0 Å². The lowest BCUT2D eigenvalue weighted by molar-refractivity contribution is 0.0908. The summed E-state index contributed by atoms with van der Waals surface area (Å²) in [5.74, 6) is 7.01. The molecule has 8 heteroatoms. The summed E-state index contributed by atoms with van der Waals surface area (Å²) >= 11 is 0. The smallest absolute Gasteiger partial charge is 0.171 e. The number of nitrogens with two attached hydrogens (primary N) is 2. The average Bonchev–Trinajstić information content (AvgIpc) is 3.04. The Balaban J connectivity index is 1.65. The molecule has 1 saturated carbocycles. The Morgan fingerprint density at radius 2 is 1.96 bits per heavy atom. The fraction of sp³-hybridized carbons (Fsp3) is 0.444. The van der Waals surface area contributed by atoms with E-state index in [9.17, 15) is 10.2 Å². The third-order valence-electron chi connectivity index (χ3n) is 4.92. The predicted molar refractivity (Wildman–Crippen MR) is 101 cm³/mol. The Morgan fingerprint density at radius 1 is 1.19 bits per heavy atom. The lowest BCUT2D eigenvalue weighted by Gasteiger charge is -2.26. The maximum atomic E-state index is 9.98. The average molecular weight is 358 g/mol. The minimum Gasteiger partial charge on any atom is -0.396 e.